The van der Waals surface area contributed by atoms with Gasteiger partial charge in [-0.05, 0) is 98.5 Å². The van der Waals surface area contributed by atoms with Crippen molar-refractivity contribution in [3.05, 3.63) is 161 Å². The average molecular weight is 1040 g/mol. The first-order valence-corrected chi connectivity index (χ1v) is 26.0. The molecule has 5 aromatic carbocycles. The zero-order valence-electron chi connectivity index (χ0n) is 43.6. The summed E-state index contributed by atoms with van der Waals surface area (Å²) in [5.74, 6) is 1.23. The van der Waals surface area contributed by atoms with Crippen LogP contribution in [0.3, 0.4) is 0 Å². The molecule has 0 spiro atoms. The molecule has 74 heavy (non-hydrogen) atoms. The SMILES string of the molecule is COc1ccc(C(OCCOC2OC(COC(=O)NCc3cccc(OC)c3)C(OCCOP(OCCC#N)N(C(C)C)C(C)C)C(C)C2NC(=O)c2ccccc2)(c2ccccc2)c2ccc(OC)cc2)cc1. The van der Waals surface area contributed by atoms with Gasteiger partial charge in [0.15, 0.2) is 6.29 Å². The standard InChI is InChI=1S/C57H71N4O12P/c1-40(2)61(41(3)4)74(71-32-16-31-58)72-36-34-67-53-42(5)52(60-54(62)44-18-11-9-12-19-44)55(73-51(53)39-69-56(63)59-38-43-17-15-22-50(37-43)66-8)68-33-35-70-57(45-20-13-10-14-21-45,46-23-27-48(64-6)28-24-46)47-25-29-49(65-7)30-26-47/h9-15,17-30,37,40-42,51-53,55H,16,32-36,38-39H2,1-8H3,(H,59,63)(H,60,62). The van der Waals surface area contributed by atoms with Gasteiger partial charge in [-0.1, -0.05) is 91.9 Å². The number of carbonyl (C=O) groups excluding carboxylic acids is 2. The van der Waals surface area contributed by atoms with Crippen LogP contribution in [0.25, 0.3) is 0 Å². The maximum atomic E-state index is 14.0. The summed E-state index contributed by atoms with van der Waals surface area (Å²) >= 11 is 0. The monoisotopic (exact) mass is 1030 g/mol. The summed E-state index contributed by atoms with van der Waals surface area (Å²) in [6.07, 6.45) is -3.13. The van der Waals surface area contributed by atoms with Crippen molar-refractivity contribution in [2.75, 3.05) is 61.0 Å². The van der Waals surface area contributed by atoms with Gasteiger partial charge in [-0.3, -0.25) is 4.79 Å². The highest BCUT2D eigenvalue weighted by molar-refractivity contribution is 7.44. The Morgan fingerprint density at radius 2 is 1.28 bits per heavy atom. The highest BCUT2D eigenvalue weighted by atomic mass is 31.2. The predicted octanol–water partition coefficient (Wildman–Crippen LogP) is 9.80. The van der Waals surface area contributed by atoms with E-state index in [1.54, 1.807) is 45.6 Å². The van der Waals surface area contributed by atoms with Crippen LogP contribution in [-0.4, -0.2) is 114 Å². The number of nitrogens with zero attached hydrogens (tertiary/aromatic N) is 2. The van der Waals surface area contributed by atoms with E-state index in [-0.39, 0.29) is 70.6 Å². The lowest BCUT2D eigenvalue weighted by atomic mass is 9.80. The lowest BCUT2D eigenvalue weighted by Gasteiger charge is -2.45. The van der Waals surface area contributed by atoms with Crippen molar-refractivity contribution in [2.45, 2.75) is 89.8 Å². The van der Waals surface area contributed by atoms with Gasteiger partial charge in [-0.25, -0.2) is 9.46 Å². The van der Waals surface area contributed by atoms with Gasteiger partial charge in [0.25, 0.3) is 14.4 Å². The molecule has 6 unspecified atom stereocenters. The lowest BCUT2D eigenvalue weighted by Crippen LogP contribution is -2.62. The molecule has 0 aromatic heterocycles. The van der Waals surface area contributed by atoms with Crippen LogP contribution in [0.1, 0.15) is 73.7 Å². The summed E-state index contributed by atoms with van der Waals surface area (Å²) in [5.41, 5.74) is 2.71. The van der Waals surface area contributed by atoms with Crippen LogP contribution >= 0.6 is 8.53 Å². The van der Waals surface area contributed by atoms with E-state index in [0.717, 1.165) is 22.3 Å². The molecule has 5 aromatic rings. The molecule has 1 fully saturated rings. The molecule has 0 bridgehead atoms. The Kier molecular flexibility index (Phi) is 22.5. The largest absolute Gasteiger partial charge is 0.497 e. The van der Waals surface area contributed by atoms with Gasteiger partial charge in [-0.15, -0.1) is 0 Å². The van der Waals surface area contributed by atoms with Crippen LogP contribution in [-0.2, 0) is 44.9 Å². The molecule has 16 nitrogen and oxygen atoms in total. The quantitative estimate of drug-likeness (QED) is 0.0275. The Bertz CT molecular complexity index is 2440. The van der Waals surface area contributed by atoms with Crippen LogP contribution in [0.2, 0.25) is 0 Å². The molecule has 17 heteroatoms. The van der Waals surface area contributed by atoms with Crippen molar-refractivity contribution in [1.82, 2.24) is 15.3 Å². The fraction of sp³-hybridized carbons (Fsp3) is 0.421. The highest BCUT2D eigenvalue weighted by Crippen LogP contribution is 2.46. The predicted molar refractivity (Wildman–Crippen MR) is 282 cm³/mol. The van der Waals surface area contributed by atoms with E-state index < -0.39 is 50.7 Å². The summed E-state index contributed by atoms with van der Waals surface area (Å²) in [4.78, 5) is 27.4. The maximum absolute atomic E-state index is 14.0. The van der Waals surface area contributed by atoms with Gasteiger partial charge in [0.1, 0.15) is 35.6 Å². The highest BCUT2D eigenvalue weighted by Gasteiger charge is 2.47. The van der Waals surface area contributed by atoms with Gasteiger partial charge in [0.2, 0.25) is 0 Å². The Hall–Kier alpha value is -6.12. The number of ether oxygens (including phenoxy) is 8. The van der Waals surface area contributed by atoms with E-state index >= 15 is 0 Å². The normalized spacial score (nSPS) is 18.1. The Morgan fingerprint density at radius 1 is 0.703 bits per heavy atom. The van der Waals surface area contributed by atoms with Gasteiger partial charge in [0, 0.05) is 30.1 Å². The smallest absolute Gasteiger partial charge is 0.407 e. The average Bonchev–Trinajstić information content (AvgIpc) is 3.42. The van der Waals surface area contributed by atoms with Crippen molar-refractivity contribution >= 4 is 20.5 Å². The Labute approximate surface area is 437 Å². The third-order valence-electron chi connectivity index (χ3n) is 12.5. The molecule has 2 N–H and O–H groups in total. The zero-order valence-corrected chi connectivity index (χ0v) is 44.5. The molecule has 1 heterocycles. The third kappa shape index (κ3) is 15.5. The molecule has 1 aliphatic rings. The van der Waals surface area contributed by atoms with Crippen molar-refractivity contribution in [1.29, 1.82) is 5.26 Å². The topological polar surface area (TPSA) is 178 Å². The number of methoxy groups -OCH3 is 3. The molecule has 1 saturated heterocycles. The summed E-state index contributed by atoms with van der Waals surface area (Å²) in [7, 11) is 3.29. The minimum absolute atomic E-state index is 0.0154. The van der Waals surface area contributed by atoms with Crippen LogP contribution in [0.5, 0.6) is 17.2 Å². The van der Waals surface area contributed by atoms with E-state index in [1.165, 1.54) is 0 Å². The Balaban J connectivity index is 1.27. The molecule has 6 rings (SSSR count). The molecule has 396 valence electrons. The second-order valence-corrected chi connectivity index (χ2v) is 19.5. The van der Waals surface area contributed by atoms with Gasteiger partial charge in [0.05, 0.1) is 79.0 Å². The maximum Gasteiger partial charge on any atom is 0.407 e. The number of carbonyl (C=O) groups is 2. The van der Waals surface area contributed by atoms with Crippen LogP contribution in [0, 0.1) is 17.2 Å². The number of hydrogen-bond donors (Lipinski definition) is 2. The molecule has 6 atom stereocenters. The molecule has 0 aliphatic carbocycles. The van der Waals surface area contributed by atoms with Crippen molar-refractivity contribution < 1.29 is 56.5 Å². The minimum atomic E-state index is -1.54. The number of hydrogen-bond acceptors (Lipinski definition) is 14. The molecule has 0 saturated carbocycles. The van der Waals surface area contributed by atoms with Crippen LogP contribution < -0.4 is 24.8 Å². The van der Waals surface area contributed by atoms with Gasteiger partial charge < -0.3 is 57.6 Å². The van der Waals surface area contributed by atoms with Crippen LogP contribution in [0.4, 0.5) is 4.79 Å². The molecule has 0 radical (unpaired) electrons. The number of benzene rings is 5. The number of alkyl carbamates (subject to hydrolysis) is 1. The number of amides is 2. The fourth-order valence-electron chi connectivity index (χ4n) is 8.90. The molecule has 2 amide bonds. The lowest BCUT2D eigenvalue weighted by molar-refractivity contribution is -0.267. The first-order chi connectivity index (χ1) is 35.9. The first kappa shape index (κ1) is 57.2. The zero-order chi connectivity index (χ0) is 52.9. The molecule has 1 aliphatic heterocycles. The second kappa shape index (κ2) is 29.1. The van der Waals surface area contributed by atoms with E-state index in [9.17, 15) is 14.9 Å². The molecular weight excluding hydrogens is 964 g/mol. The van der Waals surface area contributed by atoms with Crippen LogP contribution in [0.15, 0.2) is 133 Å². The number of nitrogens with one attached hydrogen (secondary N) is 2. The Morgan fingerprint density at radius 3 is 1.88 bits per heavy atom. The fourth-order valence-corrected chi connectivity index (χ4v) is 10.5. The van der Waals surface area contributed by atoms with Crippen molar-refractivity contribution in [3.63, 3.8) is 0 Å². The van der Waals surface area contributed by atoms with Crippen molar-refractivity contribution in [2.24, 2.45) is 5.92 Å². The number of nitriles is 1. The van der Waals surface area contributed by atoms with Crippen molar-refractivity contribution in [3.8, 4) is 23.3 Å². The van der Waals surface area contributed by atoms with E-state index in [4.69, 9.17) is 46.9 Å². The summed E-state index contributed by atoms with van der Waals surface area (Å²) in [6.45, 7) is 10.7. The van der Waals surface area contributed by atoms with E-state index in [2.05, 4.69) is 49.1 Å². The summed E-state index contributed by atoms with van der Waals surface area (Å²) in [6, 6.07) is 43.3. The molecular formula is C57H71N4O12P. The minimum Gasteiger partial charge on any atom is -0.497 e. The third-order valence-corrected chi connectivity index (χ3v) is 14.6. The first-order valence-electron chi connectivity index (χ1n) is 24.9. The van der Waals surface area contributed by atoms with Gasteiger partial charge in [-0.2, -0.15) is 5.26 Å². The summed E-state index contributed by atoms with van der Waals surface area (Å²) in [5, 5.41) is 15.2. The summed E-state index contributed by atoms with van der Waals surface area (Å²) < 4.78 is 64.1. The second-order valence-electron chi connectivity index (χ2n) is 18.0. The van der Waals surface area contributed by atoms with Gasteiger partial charge >= 0.3 is 6.09 Å². The number of rotatable bonds is 28. The van der Waals surface area contributed by atoms with E-state index in [0.29, 0.717) is 22.8 Å². The van der Waals surface area contributed by atoms with E-state index in [1.807, 2.05) is 116 Å².